The van der Waals surface area contributed by atoms with Crippen molar-refractivity contribution in [3.63, 3.8) is 0 Å². The average Bonchev–Trinajstić information content (AvgIpc) is 2.35. The van der Waals surface area contributed by atoms with Crippen LogP contribution in [0.2, 0.25) is 0 Å². The maximum atomic E-state index is 6.03. The molecule has 1 unspecified atom stereocenters. The van der Waals surface area contributed by atoms with Crippen LogP contribution < -0.4 is 5.73 Å². The van der Waals surface area contributed by atoms with Crippen LogP contribution >= 0.6 is 0 Å². The monoisotopic (exact) mass is 254 g/mol. The highest BCUT2D eigenvalue weighted by molar-refractivity contribution is 4.87. The van der Waals surface area contributed by atoms with Gasteiger partial charge in [0.05, 0.1) is 0 Å². The number of hydrogen-bond donors (Lipinski definition) is 1. The van der Waals surface area contributed by atoms with Crippen LogP contribution in [0.5, 0.6) is 0 Å². The van der Waals surface area contributed by atoms with E-state index in [2.05, 4.69) is 39.5 Å². The molecule has 0 radical (unpaired) electrons. The normalized spacial score (nSPS) is 27.5. The molecule has 1 saturated carbocycles. The smallest absolute Gasteiger partial charge is 0.0246 e. The molecule has 0 aromatic carbocycles. The Bertz CT molecular complexity index is 220. The van der Waals surface area contributed by atoms with Gasteiger partial charge in [0.15, 0.2) is 0 Å². The molecule has 1 fully saturated rings. The summed E-state index contributed by atoms with van der Waals surface area (Å²) in [5.41, 5.74) is 6.52. The van der Waals surface area contributed by atoms with E-state index < -0.39 is 0 Å². The van der Waals surface area contributed by atoms with Gasteiger partial charge in [0.2, 0.25) is 0 Å². The summed E-state index contributed by atoms with van der Waals surface area (Å²) in [6.45, 7) is 14.8. The van der Waals surface area contributed by atoms with Gasteiger partial charge >= 0.3 is 0 Å². The molecule has 2 heteroatoms. The third-order valence-electron chi connectivity index (χ3n) is 5.06. The molecule has 18 heavy (non-hydrogen) atoms. The van der Waals surface area contributed by atoms with Crippen LogP contribution in [0.25, 0.3) is 0 Å². The lowest BCUT2D eigenvalue weighted by atomic mass is 9.68. The maximum Gasteiger partial charge on any atom is 0.0246 e. The number of rotatable bonds is 5. The fourth-order valence-electron chi connectivity index (χ4n) is 3.70. The lowest BCUT2D eigenvalue weighted by Crippen LogP contribution is -2.47. The summed E-state index contributed by atoms with van der Waals surface area (Å²) in [5.74, 6) is 1.73. The minimum absolute atomic E-state index is 0.485. The Morgan fingerprint density at radius 2 is 1.56 bits per heavy atom. The van der Waals surface area contributed by atoms with Crippen molar-refractivity contribution in [2.45, 2.75) is 66.3 Å². The second-order valence-electron chi connectivity index (χ2n) is 7.00. The summed E-state index contributed by atoms with van der Waals surface area (Å²) in [7, 11) is 0. The molecule has 108 valence electrons. The summed E-state index contributed by atoms with van der Waals surface area (Å²) in [6.07, 6.45) is 5.54. The van der Waals surface area contributed by atoms with Gasteiger partial charge in [-0.25, -0.2) is 0 Å². The Balaban J connectivity index is 2.55. The van der Waals surface area contributed by atoms with Gasteiger partial charge in [-0.3, -0.25) is 4.90 Å². The van der Waals surface area contributed by atoms with Crippen LogP contribution in [-0.2, 0) is 0 Å². The SMILES string of the molecule is CCN(CC)C(CN)C1CCC(C(C)(C)C)CC1. The Morgan fingerprint density at radius 1 is 1.06 bits per heavy atom. The maximum absolute atomic E-state index is 6.03. The lowest BCUT2D eigenvalue weighted by molar-refractivity contribution is 0.0873. The summed E-state index contributed by atoms with van der Waals surface area (Å²) >= 11 is 0. The number of hydrogen-bond acceptors (Lipinski definition) is 2. The lowest BCUT2D eigenvalue weighted by Gasteiger charge is -2.42. The minimum Gasteiger partial charge on any atom is -0.329 e. The molecular formula is C16H34N2. The van der Waals surface area contributed by atoms with Crippen LogP contribution in [0.15, 0.2) is 0 Å². The van der Waals surface area contributed by atoms with E-state index in [0.29, 0.717) is 11.5 Å². The molecule has 0 amide bonds. The van der Waals surface area contributed by atoms with Crippen LogP contribution in [0, 0.1) is 17.3 Å². The molecule has 2 N–H and O–H groups in total. The minimum atomic E-state index is 0.485. The largest absolute Gasteiger partial charge is 0.329 e. The fraction of sp³-hybridized carbons (Fsp3) is 1.00. The number of likely N-dealkylation sites (N-methyl/N-ethyl adjacent to an activating group) is 1. The van der Waals surface area contributed by atoms with Crippen molar-refractivity contribution >= 4 is 0 Å². The molecule has 1 aliphatic rings. The van der Waals surface area contributed by atoms with Crippen LogP contribution in [0.3, 0.4) is 0 Å². The van der Waals surface area contributed by atoms with Gasteiger partial charge in [-0.2, -0.15) is 0 Å². The predicted octanol–water partition coefficient (Wildman–Crippen LogP) is 3.51. The Kier molecular flexibility index (Phi) is 6.13. The van der Waals surface area contributed by atoms with Gasteiger partial charge in [-0.15, -0.1) is 0 Å². The molecule has 0 aromatic heterocycles. The predicted molar refractivity (Wildman–Crippen MR) is 80.7 cm³/mol. The van der Waals surface area contributed by atoms with E-state index in [1.165, 1.54) is 25.7 Å². The Morgan fingerprint density at radius 3 is 1.89 bits per heavy atom. The standard InChI is InChI=1S/C16H34N2/c1-6-18(7-2)15(12-17)13-8-10-14(11-9-13)16(3,4)5/h13-15H,6-12,17H2,1-5H3. The van der Waals surface area contributed by atoms with Gasteiger partial charge in [0.25, 0.3) is 0 Å². The number of nitrogens with two attached hydrogens (primary N) is 1. The van der Waals surface area contributed by atoms with Crippen LogP contribution in [0.1, 0.15) is 60.3 Å². The quantitative estimate of drug-likeness (QED) is 0.813. The zero-order valence-corrected chi connectivity index (χ0v) is 13.2. The highest BCUT2D eigenvalue weighted by Crippen LogP contribution is 2.41. The summed E-state index contributed by atoms with van der Waals surface area (Å²) < 4.78 is 0. The first-order valence-corrected chi connectivity index (χ1v) is 7.88. The van der Waals surface area contributed by atoms with Gasteiger partial charge < -0.3 is 5.73 Å². The van der Waals surface area contributed by atoms with E-state index in [1.807, 2.05) is 0 Å². The van der Waals surface area contributed by atoms with Crippen molar-refractivity contribution in [1.29, 1.82) is 0 Å². The van der Waals surface area contributed by atoms with E-state index in [9.17, 15) is 0 Å². The molecule has 1 rings (SSSR count). The van der Waals surface area contributed by atoms with Crippen molar-refractivity contribution in [3.05, 3.63) is 0 Å². The topological polar surface area (TPSA) is 29.3 Å². The van der Waals surface area contributed by atoms with Crippen molar-refractivity contribution in [3.8, 4) is 0 Å². The van der Waals surface area contributed by atoms with E-state index >= 15 is 0 Å². The van der Waals surface area contributed by atoms with E-state index in [1.54, 1.807) is 0 Å². The molecule has 1 aliphatic carbocycles. The Labute approximate surface area is 114 Å². The van der Waals surface area contributed by atoms with Crippen LogP contribution in [-0.4, -0.2) is 30.6 Å². The molecule has 1 atom stereocenters. The van der Waals surface area contributed by atoms with Crippen LogP contribution in [0.4, 0.5) is 0 Å². The summed E-state index contributed by atoms with van der Waals surface area (Å²) in [6, 6.07) is 0.612. The summed E-state index contributed by atoms with van der Waals surface area (Å²) in [4.78, 5) is 2.56. The van der Waals surface area contributed by atoms with Gasteiger partial charge in [0.1, 0.15) is 0 Å². The second-order valence-corrected chi connectivity index (χ2v) is 7.00. The van der Waals surface area contributed by atoms with E-state index in [-0.39, 0.29) is 0 Å². The first-order chi connectivity index (χ1) is 8.43. The second kappa shape index (κ2) is 6.91. The third kappa shape index (κ3) is 3.96. The molecule has 0 aromatic rings. The highest BCUT2D eigenvalue weighted by Gasteiger charge is 2.33. The van der Waals surface area contributed by atoms with Crippen molar-refractivity contribution in [2.24, 2.45) is 23.0 Å². The third-order valence-corrected chi connectivity index (χ3v) is 5.06. The van der Waals surface area contributed by atoms with Crippen molar-refractivity contribution in [1.82, 2.24) is 4.90 Å². The molecule has 0 saturated heterocycles. The molecule has 2 nitrogen and oxygen atoms in total. The number of nitrogens with zero attached hydrogens (tertiary/aromatic N) is 1. The first kappa shape index (κ1) is 16.0. The van der Waals surface area contributed by atoms with E-state index in [4.69, 9.17) is 5.73 Å². The summed E-state index contributed by atoms with van der Waals surface area (Å²) in [5, 5.41) is 0. The molecule has 0 heterocycles. The fourth-order valence-corrected chi connectivity index (χ4v) is 3.70. The molecule has 0 spiro atoms. The molecular weight excluding hydrogens is 220 g/mol. The zero-order chi connectivity index (χ0) is 13.8. The highest BCUT2D eigenvalue weighted by atomic mass is 15.2. The van der Waals surface area contributed by atoms with Crippen molar-refractivity contribution < 1.29 is 0 Å². The van der Waals surface area contributed by atoms with E-state index in [0.717, 1.165) is 31.5 Å². The van der Waals surface area contributed by atoms with Gasteiger partial charge in [0, 0.05) is 12.6 Å². The molecule has 0 bridgehead atoms. The van der Waals surface area contributed by atoms with Gasteiger partial charge in [-0.05, 0) is 56.0 Å². The van der Waals surface area contributed by atoms with Gasteiger partial charge in [-0.1, -0.05) is 34.6 Å². The van der Waals surface area contributed by atoms with Crippen molar-refractivity contribution in [2.75, 3.05) is 19.6 Å². The first-order valence-electron chi connectivity index (χ1n) is 7.88. The Hall–Kier alpha value is -0.0800. The average molecular weight is 254 g/mol. The molecule has 0 aliphatic heterocycles. The zero-order valence-electron chi connectivity index (χ0n) is 13.2.